The summed E-state index contributed by atoms with van der Waals surface area (Å²) >= 11 is 0. The zero-order chi connectivity index (χ0) is 14.2. The van der Waals surface area contributed by atoms with Gasteiger partial charge in [0.05, 0.1) is 12.2 Å². The van der Waals surface area contributed by atoms with E-state index in [0.717, 1.165) is 25.1 Å². The van der Waals surface area contributed by atoms with Crippen molar-refractivity contribution in [3.63, 3.8) is 0 Å². The van der Waals surface area contributed by atoms with Gasteiger partial charge < -0.3 is 4.98 Å². The SMILES string of the molecule is [N-]=[N+]=NCCCCc1nc2ncnc(CN=[N+]=[N-])c2[nH]1. The normalized spacial score (nSPS) is 10.0. The first-order valence-electron chi connectivity index (χ1n) is 6.05. The summed E-state index contributed by atoms with van der Waals surface area (Å²) in [5.41, 5.74) is 18.4. The summed E-state index contributed by atoms with van der Waals surface area (Å²) in [6.45, 7) is 0.646. The molecular weight excluding hydrogens is 260 g/mol. The molecule has 1 N–H and O–H groups in total. The lowest BCUT2D eigenvalue weighted by atomic mass is 10.2. The lowest BCUT2D eigenvalue weighted by Gasteiger charge is -1.95. The Balaban J connectivity index is 2.08. The number of nitrogens with one attached hydrogen (secondary N) is 1. The molecule has 0 aliphatic rings. The summed E-state index contributed by atoms with van der Waals surface area (Å²) in [6.07, 6.45) is 3.80. The molecule has 0 amide bonds. The zero-order valence-electron chi connectivity index (χ0n) is 10.6. The van der Waals surface area contributed by atoms with Crippen molar-refractivity contribution in [2.75, 3.05) is 6.54 Å². The van der Waals surface area contributed by atoms with Gasteiger partial charge in [0, 0.05) is 22.8 Å². The summed E-state index contributed by atoms with van der Waals surface area (Å²) < 4.78 is 0. The minimum Gasteiger partial charge on any atom is -0.339 e. The minimum atomic E-state index is 0.161. The molecule has 0 saturated heterocycles. The third kappa shape index (κ3) is 3.35. The molecule has 0 aromatic carbocycles. The molecule has 0 radical (unpaired) electrons. The second-order valence-electron chi connectivity index (χ2n) is 4.00. The minimum absolute atomic E-state index is 0.161. The fourth-order valence-electron chi connectivity index (χ4n) is 1.78. The van der Waals surface area contributed by atoms with Crippen molar-refractivity contribution < 1.29 is 0 Å². The first-order chi connectivity index (χ1) is 9.85. The van der Waals surface area contributed by atoms with Gasteiger partial charge in [-0.05, 0) is 23.9 Å². The van der Waals surface area contributed by atoms with Crippen LogP contribution >= 0.6 is 0 Å². The summed E-state index contributed by atoms with van der Waals surface area (Å²) in [4.78, 5) is 21.1. The predicted molar refractivity (Wildman–Crippen MR) is 71.5 cm³/mol. The van der Waals surface area contributed by atoms with Gasteiger partial charge in [0.15, 0.2) is 5.65 Å². The number of aromatic amines is 1. The van der Waals surface area contributed by atoms with Gasteiger partial charge in [-0.15, -0.1) is 0 Å². The predicted octanol–water partition coefficient (Wildman–Crippen LogP) is 2.80. The maximum Gasteiger partial charge on any atom is 0.181 e. The molecule has 2 rings (SSSR count). The molecule has 0 bridgehead atoms. The van der Waals surface area contributed by atoms with Crippen LogP contribution in [-0.4, -0.2) is 26.5 Å². The van der Waals surface area contributed by atoms with Crippen LogP contribution in [0.25, 0.3) is 32.0 Å². The van der Waals surface area contributed by atoms with E-state index in [-0.39, 0.29) is 6.54 Å². The van der Waals surface area contributed by atoms with Crippen LogP contribution in [-0.2, 0) is 13.0 Å². The molecule has 2 aromatic rings. The van der Waals surface area contributed by atoms with Crippen molar-refractivity contribution in [2.45, 2.75) is 25.8 Å². The average Bonchev–Trinajstić information content (AvgIpc) is 2.88. The molecule has 102 valence electrons. The summed E-state index contributed by atoms with van der Waals surface area (Å²) in [6, 6.07) is 0. The molecule has 2 aromatic heterocycles. The number of fused-ring (bicyclic) bond motifs is 1. The van der Waals surface area contributed by atoms with Gasteiger partial charge in [-0.2, -0.15) is 0 Å². The monoisotopic (exact) mass is 272 g/mol. The molecule has 10 heteroatoms. The number of aromatic nitrogens is 4. The fourth-order valence-corrected chi connectivity index (χ4v) is 1.78. The van der Waals surface area contributed by atoms with Gasteiger partial charge in [0.25, 0.3) is 0 Å². The topological polar surface area (TPSA) is 152 Å². The highest BCUT2D eigenvalue weighted by molar-refractivity contribution is 5.72. The largest absolute Gasteiger partial charge is 0.339 e. The van der Waals surface area contributed by atoms with Gasteiger partial charge >= 0.3 is 0 Å². The molecular formula is C10H12N10. The average molecular weight is 272 g/mol. The molecule has 0 aliphatic carbocycles. The second kappa shape index (κ2) is 6.93. The van der Waals surface area contributed by atoms with Crippen molar-refractivity contribution in [2.24, 2.45) is 10.2 Å². The van der Waals surface area contributed by atoms with E-state index in [1.54, 1.807) is 0 Å². The van der Waals surface area contributed by atoms with Crippen LogP contribution in [0.3, 0.4) is 0 Å². The van der Waals surface area contributed by atoms with Crippen LogP contribution in [0.1, 0.15) is 24.4 Å². The Bertz CT molecular complexity index is 676. The van der Waals surface area contributed by atoms with Crippen LogP contribution < -0.4 is 0 Å². The van der Waals surface area contributed by atoms with Crippen molar-refractivity contribution >= 4 is 11.2 Å². The Labute approximate surface area is 113 Å². The second-order valence-corrected chi connectivity index (χ2v) is 4.00. The highest BCUT2D eigenvalue weighted by Gasteiger charge is 2.08. The van der Waals surface area contributed by atoms with Crippen LogP contribution in [0, 0.1) is 0 Å². The number of unbranched alkanes of at least 4 members (excludes halogenated alkanes) is 1. The lowest BCUT2D eigenvalue weighted by Crippen LogP contribution is -1.91. The van der Waals surface area contributed by atoms with Crippen molar-refractivity contribution in [3.8, 4) is 0 Å². The number of azide groups is 2. The number of hydrogen-bond acceptors (Lipinski definition) is 5. The molecule has 0 spiro atoms. The van der Waals surface area contributed by atoms with Crippen LogP contribution in [0.5, 0.6) is 0 Å². The van der Waals surface area contributed by atoms with Crippen LogP contribution in [0.15, 0.2) is 16.6 Å². The van der Waals surface area contributed by atoms with E-state index < -0.39 is 0 Å². The number of hydrogen-bond donors (Lipinski definition) is 1. The maximum absolute atomic E-state index is 8.35. The van der Waals surface area contributed by atoms with Gasteiger partial charge in [0.1, 0.15) is 17.7 Å². The van der Waals surface area contributed by atoms with Crippen LogP contribution in [0.2, 0.25) is 0 Å². The van der Waals surface area contributed by atoms with Gasteiger partial charge in [0.2, 0.25) is 0 Å². The zero-order valence-corrected chi connectivity index (χ0v) is 10.6. The lowest BCUT2D eigenvalue weighted by molar-refractivity contribution is 0.722. The quantitative estimate of drug-likeness (QED) is 0.356. The van der Waals surface area contributed by atoms with Gasteiger partial charge in [-0.25, -0.2) is 15.0 Å². The Hall–Kier alpha value is -2.83. The van der Waals surface area contributed by atoms with E-state index in [0.29, 0.717) is 23.4 Å². The third-order valence-electron chi connectivity index (χ3n) is 2.68. The van der Waals surface area contributed by atoms with E-state index in [4.69, 9.17) is 11.1 Å². The molecule has 0 fully saturated rings. The van der Waals surface area contributed by atoms with E-state index in [2.05, 4.69) is 40.0 Å². The number of H-pyrrole nitrogens is 1. The van der Waals surface area contributed by atoms with Crippen molar-refractivity contribution in [3.05, 3.63) is 38.7 Å². The summed E-state index contributed by atoms with van der Waals surface area (Å²) in [5.74, 6) is 0.795. The molecule has 0 saturated carbocycles. The number of nitrogens with zero attached hydrogens (tertiary/aromatic N) is 9. The van der Waals surface area contributed by atoms with E-state index in [1.165, 1.54) is 6.33 Å². The highest BCUT2D eigenvalue weighted by Crippen LogP contribution is 2.14. The first kappa shape index (κ1) is 13.6. The molecule has 0 aliphatic heterocycles. The first-order valence-corrected chi connectivity index (χ1v) is 6.05. The Kier molecular flexibility index (Phi) is 4.71. The van der Waals surface area contributed by atoms with Crippen LogP contribution in [0.4, 0.5) is 0 Å². The Morgan fingerprint density at radius 2 is 2.00 bits per heavy atom. The fraction of sp³-hybridized carbons (Fsp3) is 0.500. The number of rotatable bonds is 7. The molecule has 0 atom stereocenters. The van der Waals surface area contributed by atoms with Crippen molar-refractivity contribution in [1.82, 2.24) is 19.9 Å². The molecule has 2 heterocycles. The summed E-state index contributed by atoms with van der Waals surface area (Å²) in [7, 11) is 0. The number of imidazole rings is 1. The molecule has 0 unspecified atom stereocenters. The van der Waals surface area contributed by atoms with E-state index in [1.807, 2.05) is 0 Å². The third-order valence-corrected chi connectivity index (χ3v) is 2.68. The van der Waals surface area contributed by atoms with Gasteiger partial charge in [-0.3, -0.25) is 0 Å². The maximum atomic E-state index is 8.35. The number of aryl methyl sites for hydroxylation is 1. The summed E-state index contributed by atoms with van der Waals surface area (Å²) in [5, 5.41) is 6.97. The Morgan fingerprint density at radius 3 is 2.80 bits per heavy atom. The molecule has 20 heavy (non-hydrogen) atoms. The van der Waals surface area contributed by atoms with Crippen molar-refractivity contribution in [1.29, 1.82) is 0 Å². The standard InChI is InChI=1S/C10H12N10/c11-19-15-4-2-1-3-8-17-9-7(5-16-20-12)13-6-14-10(9)18-8/h6H,1-5H2,(H,13,14,17,18). The highest BCUT2D eigenvalue weighted by atomic mass is 15.1. The van der Waals surface area contributed by atoms with E-state index >= 15 is 0 Å². The van der Waals surface area contributed by atoms with Gasteiger partial charge in [-0.1, -0.05) is 10.2 Å². The smallest absolute Gasteiger partial charge is 0.181 e. The Morgan fingerprint density at radius 1 is 1.15 bits per heavy atom. The van der Waals surface area contributed by atoms with E-state index in [9.17, 15) is 0 Å². The molecule has 10 nitrogen and oxygen atoms in total.